The summed E-state index contributed by atoms with van der Waals surface area (Å²) in [6, 6.07) is 7.86. The molecule has 0 bridgehead atoms. The van der Waals surface area contributed by atoms with Crippen molar-refractivity contribution in [3.8, 4) is 0 Å². The van der Waals surface area contributed by atoms with Crippen molar-refractivity contribution in [2.75, 3.05) is 5.32 Å². The smallest absolute Gasteiger partial charge is 0.269 e. The van der Waals surface area contributed by atoms with Gasteiger partial charge in [0, 0.05) is 18.2 Å². The van der Waals surface area contributed by atoms with Crippen LogP contribution in [0.4, 0.5) is 10.7 Å². The molecule has 124 valence electrons. The Morgan fingerprint density at radius 3 is 2.79 bits per heavy atom. The molecule has 24 heavy (non-hydrogen) atoms. The SMILES string of the molecule is O=C(Cc1cccc([N+](=O)[O-])c1)Nc1sccc1C(=O)NC1CC1. The van der Waals surface area contributed by atoms with E-state index < -0.39 is 4.92 Å². The Hall–Kier alpha value is -2.74. The molecule has 2 aromatic rings. The molecular formula is C16H15N3O4S. The lowest BCUT2D eigenvalue weighted by Gasteiger charge is -2.07. The number of nitrogens with zero attached hydrogens (tertiary/aromatic N) is 1. The van der Waals surface area contributed by atoms with Crippen LogP contribution in [0.5, 0.6) is 0 Å². The van der Waals surface area contributed by atoms with Crippen LogP contribution in [0.1, 0.15) is 28.8 Å². The Morgan fingerprint density at radius 1 is 1.29 bits per heavy atom. The molecule has 1 aliphatic rings. The Bertz CT molecular complexity index is 798. The van der Waals surface area contributed by atoms with Crippen LogP contribution in [0, 0.1) is 10.1 Å². The number of rotatable bonds is 6. The summed E-state index contributed by atoms with van der Waals surface area (Å²) < 4.78 is 0. The standard InChI is InChI=1S/C16H15N3O4S/c20-14(9-10-2-1-3-12(8-10)19(22)23)18-16-13(6-7-24-16)15(21)17-11-4-5-11/h1-3,6-8,11H,4-5,9H2,(H,17,21)(H,18,20). The minimum Gasteiger partial charge on any atom is -0.349 e. The number of thiophene rings is 1. The van der Waals surface area contributed by atoms with Crippen molar-refractivity contribution >= 4 is 33.8 Å². The minimum atomic E-state index is -0.499. The van der Waals surface area contributed by atoms with Crippen molar-refractivity contribution in [2.24, 2.45) is 0 Å². The first-order valence-corrected chi connectivity index (χ1v) is 8.32. The number of nitro groups is 1. The fraction of sp³-hybridized carbons (Fsp3) is 0.250. The van der Waals surface area contributed by atoms with Crippen LogP contribution < -0.4 is 10.6 Å². The summed E-state index contributed by atoms with van der Waals surface area (Å²) in [5.74, 6) is -0.511. The predicted octanol–water partition coefficient (Wildman–Crippen LogP) is 2.73. The summed E-state index contributed by atoms with van der Waals surface area (Å²) in [4.78, 5) is 34.5. The van der Waals surface area contributed by atoms with E-state index in [1.807, 2.05) is 0 Å². The van der Waals surface area contributed by atoms with Gasteiger partial charge in [0.05, 0.1) is 16.9 Å². The maximum absolute atomic E-state index is 12.2. The van der Waals surface area contributed by atoms with Crippen molar-refractivity contribution in [2.45, 2.75) is 25.3 Å². The van der Waals surface area contributed by atoms with Gasteiger partial charge in [-0.2, -0.15) is 0 Å². The fourth-order valence-corrected chi connectivity index (χ4v) is 3.01. The molecule has 1 fully saturated rings. The van der Waals surface area contributed by atoms with Crippen LogP contribution >= 0.6 is 11.3 Å². The highest BCUT2D eigenvalue weighted by Crippen LogP contribution is 2.26. The highest BCUT2D eigenvalue weighted by Gasteiger charge is 2.25. The molecule has 3 rings (SSSR count). The van der Waals surface area contributed by atoms with E-state index >= 15 is 0 Å². The van der Waals surface area contributed by atoms with Gasteiger partial charge in [0.15, 0.2) is 0 Å². The normalized spacial score (nSPS) is 13.3. The van der Waals surface area contributed by atoms with Gasteiger partial charge in [-0.15, -0.1) is 11.3 Å². The van der Waals surface area contributed by atoms with E-state index in [4.69, 9.17) is 0 Å². The van der Waals surface area contributed by atoms with Crippen molar-refractivity contribution in [1.82, 2.24) is 5.32 Å². The Labute approximate surface area is 141 Å². The molecule has 2 N–H and O–H groups in total. The molecule has 7 nitrogen and oxygen atoms in total. The fourth-order valence-electron chi connectivity index (χ4n) is 2.21. The number of hydrogen-bond acceptors (Lipinski definition) is 5. The third-order valence-electron chi connectivity index (χ3n) is 3.56. The van der Waals surface area contributed by atoms with Crippen LogP contribution in [-0.4, -0.2) is 22.8 Å². The lowest BCUT2D eigenvalue weighted by Crippen LogP contribution is -2.26. The summed E-state index contributed by atoms with van der Waals surface area (Å²) in [6.45, 7) is 0. The molecule has 0 spiro atoms. The number of anilines is 1. The summed E-state index contributed by atoms with van der Waals surface area (Å²) in [7, 11) is 0. The maximum atomic E-state index is 12.2. The molecule has 0 saturated heterocycles. The predicted molar refractivity (Wildman–Crippen MR) is 90.2 cm³/mol. The molecule has 1 aromatic carbocycles. The number of non-ortho nitro benzene ring substituents is 1. The van der Waals surface area contributed by atoms with Gasteiger partial charge in [-0.05, 0) is 29.9 Å². The second-order valence-corrected chi connectivity index (χ2v) is 6.48. The molecule has 0 radical (unpaired) electrons. The Kier molecular flexibility index (Phi) is 4.57. The summed E-state index contributed by atoms with van der Waals surface area (Å²) in [6.07, 6.45) is 1.98. The lowest BCUT2D eigenvalue weighted by atomic mass is 10.1. The first kappa shape index (κ1) is 16.1. The van der Waals surface area contributed by atoms with Crippen LogP contribution in [0.3, 0.4) is 0 Å². The van der Waals surface area contributed by atoms with Crippen LogP contribution in [-0.2, 0) is 11.2 Å². The number of carbonyl (C=O) groups excluding carboxylic acids is 2. The van der Waals surface area contributed by atoms with Crippen molar-refractivity contribution in [3.63, 3.8) is 0 Å². The second-order valence-electron chi connectivity index (χ2n) is 5.56. The monoisotopic (exact) mass is 345 g/mol. The largest absolute Gasteiger partial charge is 0.349 e. The minimum absolute atomic E-state index is 0.00324. The number of amides is 2. The highest BCUT2D eigenvalue weighted by molar-refractivity contribution is 7.14. The summed E-state index contributed by atoms with van der Waals surface area (Å²) in [5, 5.41) is 18.6. The van der Waals surface area contributed by atoms with Crippen LogP contribution in [0.15, 0.2) is 35.7 Å². The molecule has 2 amide bonds. The number of nitrogens with one attached hydrogen (secondary N) is 2. The molecule has 0 unspecified atom stereocenters. The molecule has 8 heteroatoms. The van der Waals surface area contributed by atoms with Gasteiger partial charge in [0.2, 0.25) is 5.91 Å². The average molecular weight is 345 g/mol. The number of carbonyl (C=O) groups is 2. The molecule has 1 aromatic heterocycles. The van der Waals surface area contributed by atoms with Gasteiger partial charge in [-0.1, -0.05) is 12.1 Å². The van der Waals surface area contributed by atoms with E-state index in [0.717, 1.165) is 12.8 Å². The topological polar surface area (TPSA) is 101 Å². The number of benzene rings is 1. The zero-order valence-corrected chi connectivity index (χ0v) is 13.5. The summed E-state index contributed by atoms with van der Waals surface area (Å²) >= 11 is 1.27. The van der Waals surface area contributed by atoms with E-state index in [-0.39, 0.29) is 30.0 Å². The molecule has 1 aliphatic carbocycles. The van der Waals surface area contributed by atoms with E-state index in [1.54, 1.807) is 23.6 Å². The molecule has 1 heterocycles. The molecule has 1 saturated carbocycles. The summed E-state index contributed by atoms with van der Waals surface area (Å²) in [5.41, 5.74) is 0.933. The van der Waals surface area contributed by atoms with Crippen molar-refractivity contribution in [1.29, 1.82) is 0 Å². The Morgan fingerprint density at radius 2 is 2.08 bits per heavy atom. The number of hydrogen-bond donors (Lipinski definition) is 2. The van der Waals surface area contributed by atoms with Gasteiger partial charge >= 0.3 is 0 Å². The quantitative estimate of drug-likeness (QED) is 0.621. The van der Waals surface area contributed by atoms with E-state index in [2.05, 4.69) is 10.6 Å². The van der Waals surface area contributed by atoms with Crippen molar-refractivity contribution < 1.29 is 14.5 Å². The maximum Gasteiger partial charge on any atom is 0.269 e. The van der Waals surface area contributed by atoms with Gasteiger partial charge in [0.25, 0.3) is 11.6 Å². The molecule has 0 atom stereocenters. The zero-order chi connectivity index (χ0) is 17.1. The third-order valence-corrected chi connectivity index (χ3v) is 4.39. The van der Waals surface area contributed by atoms with Crippen LogP contribution in [0.25, 0.3) is 0 Å². The third kappa shape index (κ3) is 3.96. The van der Waals surface area contributed by atoms with Gasteiger partial charge in [-0.3, -0.25) is 19.7 Å². The molecule has 0 aliphatic heterocycles. The Balaban J connectivity index is 1.65. The van der Waals surface area contributed by atoms with E-state index in [9.17, 15) is 19.7 Å². The van der Waals surface area contributed by atoms with Gasteiger partial charge in [-0.25, -0.2) is 0 Å². The molecular weight excluding hydrogens is 330 g/mol. The highest BCUT2D eigenvalue weighted by atomic mass is 32.1. The first-order chi connectivity index (χ1) is 11.5. The van der Waals surface area contributed by atoms with Gasteiger partial charge < -0.3 is 10.6 Å². The number of nitro benzene ring substituents is 1. The van der Waals surface area contributed by atoms with E-state index in [1.165, 1.54) is 23.5 Å². The van der Waals surface area contributed by atoms with Gasteiger partial charge in [0.1, 0.15) is 5.00 Å². The van der Waals surface area contributed by atoms with Crippen molar-refractivity contribution in [3.05, 3.63) is 57.0 Å². The lowest BCUT2D eigenvalue weighted by molar-refractivity contribution is -0.384. The first-order valence-electron chi connectivity index (χ1n) is 7.44. The average Bonchev–Trinajstić information content (AvgIpc) is 3.23. The second kappa shape index (κ2) is 6.79. The van der Waals surface area contributed by atoms with Crippen LogP contribution in [0.2, 0.25) is 0 Å². The zero-order valence-electron chi connectivity index (χ0n) is 12.7. The van der Waals surface area contributed by atoms with E-state index in [0.29, 0.717) is 16.1 Å².